The Kier molecular flexibility index (Phi) is 6.16. The molecule has 6 heteroatoms. The molecular weight excluding hydrogens is 388 g/mol. The molecule has 0 radical (unpaired) electrons. The van der Waals surface area contributed by atoms with Crippen LogP contribution in [0.1, 0.15) is 42.1 Å². The van der Waals surface area contributed by atoms with Gasteiger partial charge in [-0.2, -0.15) is 0 Å². The maximum Gasteiger partial charge on any atom is 0.253 e. The molecule has 1 saturated heterocycles. The lowest BCUT2D eigenvalue weighted by atomic mass is 9.73. The van der Waals surface area contributed by atoms with Crippen LogP contribution in [0.15, 0.2) is 59.6 Å². The minimum Gasteiger partial charge on any atom is -0.494 e. The van der Waals surface area contributed by atoms with Gasteiger partial charge in [0.25, 0.3) is 5.91 Å². The molecule has 2 aromatic carbocycles. The maximum absolute atomic E-state index is 12.9. The first-order chi connectivity index (χ1) is 15.0. The fourth-order valence-corrected chi connectivity index (χ4v) is 4.78. The van der Waals surface area contributed by atoms with Crippen LogP contribution in [0, 0.1) is 5.92 Å². The van der Waals surface area contributed by atoms with Crippen molar-refractivity contribution in [3.8, 4) is 5.75 Å². The molecule has 6 nitrogen and oxygen atoms in total. The van der Waals surface area contributed by atoms with Gasteiger partial charge in [0.1, 0.15) is 11.3 Å². The molecule has 0 aliphatic carbocycles. The molecule has 1 unspecified atom stereocenters. The van der Waals surface area contributed by atoms with Crippen molar-refractivity contribution in [2.24, 2.45) is 16.6 Å². The summed E-state index contributed by atoms with van der Waals surface area (Å²) in [6, 6.07) is 17.8. The number of ether oxygens (including phenoxy) is 1. The van der Waals surface area contributed by atoms with E-state index in [9.17, 15) is 4.79 Å². The minimum atomic E-state index is -0.410. The Morgan fingerprint density at radius 2 is 1.90 bits per heavy atom. The molecule has 1 atom stereocenters. The van der Waals surface area contributed by atoms with E-state index in [1.54, 1.807) is 0 Å². The Morgan fingerprint density at radius 1 is 1.16 bits per heavy atom. The Bertz CT molecular complexity index is 938. The average molecular weight is 421 g/mol. The predicted molar refractivity (Wildman–Crippen MR) is 123 cm³/mol. The third kappa shape index (κ3) is 4.24. The number of hydrogen-bond acceptors (Lipinski definition) is 5. The molecule has 164 valence electrons. The largest absolute Gasteiger partial charge is 0.494 e. The van der Waals surface area contributed by atoms with Crippen LogP contribution in [-0.2, 0) is 5.54 Å². The number of carbonyl (C=O) groups excluding carboxylic acids is 1. The molecule has 0 spiro atoms. The van der Waals surface area contributed by atoms with Crippen LogP contribution in [0.2, 0.25) is 0 Å². The first-order valence-electron chi connectivity index (χ1n) is 11.2. The van der Waals surface area contributed by atoms with E-state index in [1.807, 2.05) is 59.3 Å². The van der Waals surface area contributed by atoms with E-state index in [2.05, 4.69) is 19.1 Å². The van der Waals surface area contributed by atoms with Crippen LogP contribution in [0.25, 0.3) is 0 Å². The minimum absolute atomic E-state index is 0.106. The van der Waals surface area contributed by atoms with Crippen molar-refractivity contribution in [2.75, 3.05) is 33.3 Å². The zero-order valence-corrected chi connectivity index (χ0v) is 18.5. The number of carbonyl (C=O) groups is 1. The second-order valence-electron chi connectivity index (χ2n) is 8.56. The summed E-state index contributed by atoms with van der Waals surface area (Å²) < 4.78 is 5.89. The van der Waals surface area contributed by atoms with Crippen LogP contribution in [-0.4, -0.2) is 55.0 Å². The van der Waals surface area contributed by atoms with Crippen molar-refractivity contribution in [1.82, 2.24) is 9.80 Å². The number of piperidine rings is 1. The number of guanidine groups is 1. The van der Waals surface area contributed by atoms with Gasteiger partial charge >= 0.3 is 0 Å². The molecule has 0 saturated carbocycles. The van der Waals surface area contributed by atoms with Crippen LogP contribution >= 0.6 is 0 Å². The van der Waals surface area contributed by atoms with E-state index in [-0.39, 0.29) is 5.91 Å². The first-order valence-corrected chi connectivity index (χ1v) is 11.2. The number of hydrogen-bond donors (Lipinski definition) is 1. The number of likely N-dealkylation sites (N-methyl/N-ethyl adjacent to an activating group) is 1. The molecule has 2 N–H and O–H groups in total. The molecule has 2 aliphatic heterocycles. The van der Waals surface area contributed by atoms with E-state index < -0.39 is 5.54 Å². The smallest absolute Gasteiger partial charge is 0.253 e. The van der Waals surface area contributed by atoms with Crippen molar-refractivity contribution in [1.29, 1.82) is 0 Å². The Balaban J connectivity index is 1.56. The summed E-state index contributed by atoms with van der Waals surface area (Å²) in [6.07, 6.45) is 2.75. The number of nitrogens with two attached hydrogens (primary N) is 1. The number of nitrogens with zero attached hydrogens (tertiary/aromatic N) is 3. The van der Waals surface area contributed by atoms with Crippen LogP contribution in [0.4, 0.5) is 0 Å². The van der Waals surface area contributed by atoms with E-state index in [1.165, 1.54) is 0 Å². The SMILES string of the molecule is CCCOc1cccc(C2(C3CCN(C(=O)c4ccccc4)CC3)CN(C)C(N)=N2)c1. The second kappa shape index (κ2) is 9.00. The van der Waals surface area contributed by atoms with Gasteiger partial charge in [0.2, 0.25) is 0 Å². The van der Waals surface area contributed by atoms with Crippen molar-refractivity contribution in [2.45, 2.75) is 31.7 Å². The zero-order valence-electron chi connectivity index (χ0n) is 18.5. The van der Waals surface area contributed by atoms with Crippen molar-refractivity contribution < 1.29 is 9.53 Å². The van der Waals surface area contributed by atoms with E-state index in [0.29, 0.717) is 18.5 Å². The molecule has 1 amide bonds. The fraction of sp³-hybridized carbons (Fsp3) is 0.440. The lowest BCUT2D eigenvalue weighted by Crippen LogP contribution is -2.46. The number of amides is 1. The van der Waals surface area contributed by atoms with Gasteiger partial charge < -0.3 is 20.3 Å². The Labute approximate surface area is 184 Å². The van der Waals surface area contributed by atoms with Crippen molar-refractivity contribution >= 4 is 11.9 Å². The van der Waals surface area contributed by atoms with Gasteiger partial charge in [0.05, 0.1) is 13.2 Å². The normalized spacial score (nSPS) is 21.8. The summed E-state index contributed by atoms with van der Waals surface area (Å²) in [5.41, 5.74) is 7.73. The summed E-state index contributed by atoms with van der Waals surface area (Å²) in [5.74, 6) is 1.85. The van der Waals surface area contributed by atoms with Gasteiger partial charge in [-0.05, 0) is 55.0 Å². The molecule has 0 aromatic heterocycles. The average Bonchev–Trinajstić information content (AvgIpc) is 3.13. The predicted octanol–water partition coefficient (Wildman–Crippen LogP) is 3.48. The molecule has 2 heterocycles. The van der Waals surface area contributed by atoms with E-state index in [0.717, 1.165) is 55.8 Å². The van der Waals surface area contributed by atoms with Crippen molar-refractivity contribution in [3.05, 3.63) is 65.7 Å². The van der Waals surface area contributed by atoms with Crippen molar-refractivity contribution in [3.63, 3.8) is 0 Å². The van der Waals surface area contributed by atoms with Gasteiger partial charge in [0.15, 0.2) is 5.96 Å². The van der Waals surface area contributed by atoms with Gasteiger partial charge in [0, 0.05) is 25.7 Å². The van der Waals surface area contributed by atoms with Crippen LogP contribution in [0.5, 0.6) is 5.75 Å². The van der Waals surface area contributed by atoms with E-state index >= 15 is 0 Å². The lowest BCUT2D eigenvalue weighted by molar-refractivity contribution is 0.0634. The lowest BCUT2D eigenvalue weighted by Gasteiger charge is -2.41. The van der Waals surface area contributed by atoms with Crippen LogP contribution < -0.4 is 10.5 Å². The summed E-state index contributed by atoms with van der Waals surface area (Å²) >= 11 is 0. The Hall–Kier alpha value is -3.02. The monoisotopic (exact) mass is 420 g/mol. The van der Waals surface area contributed by atoms with Gasteiger partial charge in [-0.25, -0.2) is 4.99 Å². The maximum atomic E-state index is 12.9. The standard InChI is InChI=1S/C25H32N4O2/c1-3-16-31-22-11-7-10-21(17-22)25(18-28(2)24(26)27-25)20-12-14-29(15-13-20)23(30)19-8-5-4-6-9-19/h4-11,17,20H,3,12-16,18H2,1-2H3,(H2,26,27). The van der Waals surface area contributed by atoms with E-state index in [4.69, 9.17) is 15.5 Å². The second-order valence-corrected chi connectivity index (χ2v) is 8.56. The summed E-state index contributed by atoms with van der Waals surface area (Å²) in [6.45, 7) is 5.00. The highest BCUT2D eigenvalue weighted by atomic mass is 16.5. The highest BCUT2D eigenvalue weighted by Crippen LogP contribution is 2.44. The number of rotatable bonds is 6. The molecule has 4 rings (SSSR count). The third-order valence-electron chi connectivity index (χ3n) is 6.47. The highest BCUT2D eigenvalue weighted by Gasteiger charge is 2.47. The van der Waals surface area contributed by atoms with Gasteiger partial charge in [-0.3, -0.25) is 4.79 Å². The number of likely N-dealkylation sites (tertiary alicyclic amines) is 1. The topological polar surface area (TPSA) is 71.2 Å². The molecular formula is C25H32N4O2. The molecule has 2 aliphatic rings. The van der Waals surface area contributed by atoms with Crippen LogP contribution in [0.3, 0.4) is 0 Å². The summed E-state index contributed by atoms with van der Waals surface area (Å²) in [5, 5.41) is 0. The summed E-state index contributed by atoms with van der Waals surface area (Å²) in [4.78, 5) is 21.9. The Morgan fingerprint density at radius 3 is 2.55 bits per heavy atom. The number of aliphatic imine (C=N–C) groups is 1. The molecule has 0 bridgehead atoms. The molecule has 2 aromatic rings. The fourth-order valence-electron chi connectivity index (χ4n) is 4.78. The third-order valence-corrected chi connectivity index (χ3v) is 6.47. The highest BCUT2D eigenvalue weighted by molar-refractivity contribution is 5.94. The van der Waals surface area contributed by atoms with Gasteiger partial charge in [-0.1, -0.05) is 37.3 Å². The number of benzene rings is 2. The molecule has 31 heavy (non-hydrogen) atoms. The summed E-state index contributed by atoms with van der Waals surface area (Å²) in [7, 11) is 1.99. The zero-order chi connectivity index (χ0) is 21.8. The first kappa shape index (κ1) is 21.2. The van der Waals surface area contributed by atoms with Gasteiger partial charge in [-0.15, -0.1) is 0 Å². The molecule has 1 fully saturated rings. The quantitative estimate of drug-likeness (QED) is 0.777.